The van der Waals surface area contributed by atoms with Gasteiger partial charge in [-0.05, 0) is 31.2 Å². The van der Waals surface area contributed by atoms with E-state index in [1.165, 1.54) is 0 Å². The van der Waals surface area contributed by atoms with Gasteiger partial charge in [0.2, 0.25) is 0 Å². The molecule has 1 aromatic carbocycles. The van der Waals surface area contributed by atoms with Crippen molar-refractivity contribution in [3.63, 3.8) is 0 Å². The Balaban J connectivity index is 2.39. The summed E-state index contributed by atoms with van der Waals surface area (Å²) >= 11 is 6.27. The molecule has 18 heavy (non-hydrogen) atoms. The van der Waals surface area contributed by atoms with Crippen LogP contribution in [-0.4, -0.2) is 16.8 Å². The van der Waals surface area contributed by atoms with E-state index in [4.69, 9.17) is 11.6 Å². The van der Waals surface area contributed by atoms with Crippen LogP contribution in [0.1, 0.15) is 30.6 Å². The highest BCUT2D eigenvalue weighted by molar-refractivity contribution is 6.31. The van der Waals surface area contributed by atoms with Gasteiger partial charge in [-0.25, -0.2) is 0 Å². The fourth-order valence-electron chi connectivity index (χ4n) is 2.16. The first-order valence-corrected chi connectivity index (χ1v) is 6.59. The molecular formula is C14H18ClN3. The highest BCUT2D eigenvalue weighted by Gasteiger charge is 2.18. The van der Waals surface area contributed by atoms with Gasteiger partial charge in [0.25, 0.3) is 0 Å². The molecule has 3 nitrogen and oxygen atoms in total. The molecular weight excluding hydrogens is 246 g/mol. The average molecular weight is 264 g/mol. The molecule has 1 unspecified atom stereocenters. The Bertz CT molecular complexity index is 507. The quantitative estimate of drug-likeness (QED) is 0.897. The predicted octanol–water partition coefficient (Wildman–Crippen LogP) is 3.26. The molecule has 96 valence electrons. The molecule has 1 aromatic heterocycles. The van der Waals surface area contributed by atoms with Crippen molar-refractivity contribution in [3.8, 4) is 0 Å². The molecule has 1 heterocycles. The van der Waals surface area contributed by atoms with E-state index in [0.717, 1.165) is 29.2 Å². The van der Waals surface area contributed by atoms with E-state index >= 15 is 0 Å². The molecule has 0 aliphatic carbocycles. The lowest BCUT2D eigenvalue weighted by Gasteiger charge is -2.19. The second-order valence-electron chi connectivity index (χ2n) is 4.22. The minimum Gasteiger partial charge on any atom is -0.308 e. The first-order valence-electron chi connectivity index (χ1n) is 6.21. The Hall–Kier alpha value is -1.32. The van der Waals surface area contributed by atoms with E-state index in [1.807, 2.05) is 48.3 Å². The van der Waals surface area contributed by atoms with Crippen LogP contribution >= 0.6 is 11.6 Å². The van der Waals surface area contributed by atoms with Gasteiger partial charge >= 0.3 is 0 Å². The number of hydrogen-bond acceptors (Lipinski definition) is 2. The van der Waals surface area contributed by atoms with Crippen LogP contribution < -0.4 is 5.32 Å². The van der Waals surface area contributed by atoms with Crippen LogP contribution in [0.15, 0.2) is 36.5 Å². The molecule has 4 heteroatoms. The highest BCUT2D eigenvalue weighted by Crippen LogP contribution is 2.27. The third kappa shape index (κ3) is 2.57. The number of aromatic nitrogens is 2. The van der Waals surface area contributed by atoms with Gasteiger partial charge in [0.1, 0.15) is 0 Å². The van der Waals surface area contributed by atoms with E-state index in [1.54, 1.807) is 0 Å². The standard InChI is InChI=1S/C14H18ClN3/c1-3-10-18-13(8-9-17-18)14(16-2)11-6-4-5-7-12(11)15/h4-9,14,16H,3,10H2,1-2H3. The molecule has 0 fully saturated rings. The SMILES string of the molecule is CCCn1nccc1C(NC)c1ccccc1Cl. The number of halogens is 1. The summed E-state index contributed by atoms with van der Waals surface area (Å²) in [6.07, 6.45) is 2.90. The van der Waals surface area contributed by atoms with Crippen molar-refractivity contribution in [2.75, 3.05) is 7.05 Å². The van der Waals surface area contributed by atoms with Crippen molar-refractivity contribution >= 4 is 11.6 Å². The summed E-state index contributed by atoms with van der Waals surface area (Å²) in [5.74, 6) is 0. The van der Waals surface area contributed by atoms with E-state index in [0.29, 0.717) is 0 Å². The van der Waals surface area contributed by atoms with Crippen molar-refractivity contribution < 1.29 is 0 Å². The summed E-state index contributed by atoms with van der Waals surface area (Å²) in [6.45, 7) is 3.07. The smallest absolute Gasteiger partial charge is 0.0760 e. The summed E-state index contributed by atoms with van der Waals surface area (Å²) in [5.41, 5.74) is 2.23. The summed E-state index contributed by atoms with van der Waals surface area (Å²) in [5, 5.41) is 8.46. The predicted molar refractivity (Wildman–Crippen MR) is 74.9 cm³/mol. The zero-order valence-electron chi connectivity index (χ0n) is 10.7. The maximum absolute atomic E-state index is 6.27. The maximum Gasteiger partial charge on any atom is 0.0760 e. The molecule has 0 bridgehead atoms. The Morgan fingerprint density at radius 2 is 2.11 bits per heavy atom. The average Bonchev–Trinajstić information content (AvgIpc) is 2.82. The van der Waals surface area contributed by atoms with Crippen LogP contribution in [0, 0.1) is 0 Å². The van der Waals surface area contributed by atoms with E-state index < -0.39 is 0 Å². The van der Waals surface area contributed by atoms with Gasteiger partial charge in [-0.15, -0.1) is 0 Å². The van der Waals surface area contributed by atoms with Crippen LogP contribution in [0.2, 0.25) is 5.02 Å². The number of rotatable bonds is 5. The first-order chi connectivity index (χ1) is 8.77. The third-order valence-electron chi connectivity index (χ3n) is 2.99. The number of hydrogen-bond donors (Lipinski definition) is 1. The van der Waals surface area contributed by atoms with Gasteiger partial charge < -0.3 is 5.32 Å². The molecule has 2 aromatic rings. The maximum atomic E-state index is 6.27. The lowest BCUT2D eigenvalue weighted by molar-refractivity contribution is 0.535. The van der Waals surface area contributed by atoms with Crippen molar-refractivity contribution in [2.45, 2.75) is 25.9 Å². The summed E-state index contributed by atoms with van der Waals surface area (Å²) in [4.78, 5) is 0. The Morgan fingerprint density at radius 3 is 2.78 bits per heavy atom. The third-order valence-corrected chi connectivity index (χ3v) is 3.33. The molecule has 0 radical (unpaired) electrons. The van der Waals surface area contributed by atoms with Crippen LogP contribution in [0.5, 0.6) is 0 Å². The number of nitrogens with zero attached hydrogens (tertiary/aromatic N) is 2. The van der Waals surface area contributed by atoms with Crippen LogP contribution in [0.4, 0.5) is 0 Å². The minimum atomic E-state index is 0.0766. The van der Waals surface area contributed by atoms with E-state index in [-0.39, 0.29) is 6.04 Å². The zero-order chi connectivity index (χ0) is 13.0. The second kappa shape index (κ2) is 6.03. The second-order valence-corrected chi connectivity index (χ2v) is 4.63. The molecule has 0 amide bonds. The lowest BCUT2D eigenvalue weighted by atomic mass is 10.0. The Morgan fingerprint density at radius 1 is 1.33 bits per heavy atom. The molecule has 1 N–H and O–H groups in total. The zero-order valence-corrected chi connectivity index (χ0v) is 11.5. The van der Waals surface area contributed by atoms with E-state index in [2.05, 4.69) is 17.3 Å². The Kier molecular flexibility index (Phi) is 4.39. The number of aryl methyl sites for hydroxylation is 1. The van der Waals surface area contributed by atoms with Gasteiger partial charge in [-0.2, -0.15) is 5.10 Å². The first kappa shape index (κ1) is 13.1. The van der Waals surface area contributed by atoms with Gasteiger partial charge in [0, 0.05) is 17.8 Å². The van der Waals surface area contributed by atoms with Crippen molar-refractivity contribution in [1.29, 1.82) is 0 Å². The Labute approximate surface area is 113 Å². The van der Waals surface area contributed by atoms with Crippen molar-refractivity contribution in [1.82, 2.24) is 15.1 Å². The molecule has 0 saturated heterocycles. The molecule has 0 aliphatic heterocycles. The van der Waals surface area contributed by atoms with Gasteiger partial charge in [-0.1, -0.05) is 36.7 Å². The van der Waals surface area contributed by atoms with Crippen molar-refractivity contribution in [2.24, 2.45) is 0 Å². The fraction of sp³-hybridized carbons (Fsp3) is 0.357. The normalized spacial score (nSPS) is 12.6. The summed E-state index contributed by atoms with van der Waals surface area (Å²) < 4.78 is 2.03. The number of benzene rings is 1. The van der Waals surface area contributed by atoms with Crippen LogP contribution in [0.3, 0.4) is 0 Å². The molecule has 2 rings (SSSR count). The molecule has 0 spiro atoms. The largest absolute Gasteiger partial charge is 0.308 e. The minimum absolute atomic E-state index is 0.0766. The summed E-state index contributed by atoms with van der Waals surface area (Å²) in [6, 6.07) is 10.0. The van der Waals surface area contributed by atoms with E-state index in [9.17, 15) is 0 Å². The van der Waals surface area contributed by atoms with Gasteiger partial charge in [0.05, 0.1) is 11.7 Å². The molecule has 0 saturated carbocycles. The highest BCUT2D eigenvalue weighted by atomic mass is 35.5. The monoisotopic (exact) mass is 263 g/mol. The number of nitrogens with one attached hydrogen (secondary N) is 1. The van der Waals surface area contributed by atoms with Gasteiger partial charge in [0.15, 0.2) is 0 Å². The molecule has 1 atom stereocenters. The molecule has 0 aliphatic rings. The lowest BCUT2D eigenvalue weighted by Crippen LogP contribution is -2.22. The van der Waals surface area contributed by atoms with Crippen LogP contribution in [0.25, 0.3) is 0 Å². The van der Waals surface area contributed by atoms with Crippen molar-refractivity contribution in [3.05, 3.63) is 52.8 Å². The topological polar surface area (TPSA) is 29.9 Å². The fourth-order valence-corrected chi connectivity index (χ4v) is 2.40. The van der Waals surface area contributed by atoms with Gasteiger partial charge in [-0.3, -0.25) is 4.68 Å². The summed E-state index contributed by atoms with van der Waals surface area (Å²) in [7, 11) is 1.94. The van der Waals surface area contributed by atoms with Crippen LogP contribution in [-0.2, 0) is 6.54 Å².